The van der Waals surface area contributed by atoms with Crippen LogP contribution in [0.25, 0.3) is 11.1 Å². The molecular formula is C18H20. The molecule has 3 rings (SSSR count). The fourth-order valence-corrected chi connectivity index (χ4v) is 3.16. The first-order valence-electron chi connectivity index (χ1n) is 6.83. The first-order chi connectivity index (χ1) is 8.62. The number of fused-ring (bicyclic) bond motifs is 3. The van der Waals surface area contributed by atoms with E-state index in [0.717, 1.165) is 12.8 Å². The minimum Gasteiger partial charge on any atom is -0.0619 e. The molecule has 92 valence electrons. The lowest BCUT2D eigenvalue weighted by Crippen LogP contribution is -2.25. The van der Waals surface area contributed by atoms with Crippen LogP contribution < -0.4 is 0 Å². The third-order valence-corrected chi connectivity index (χ3v) is 4.16. The molecule has 0 radical (unpaired) electrons. The van der Waals surface area contributed by atoms with Crippen molar-refractivity contribution in [2.24, 2.45) is 0 Å². The average molecular weight is 236 g/mol. The fraction of sp³-hybridized carbons (Fsp3) is 0.333. The topological polar surface area (TPSA) is 0 Å². The normalized spacial score (nSPS) is 15.9. The van der Waals surface area contributed by atoms with Gasteiger partial charge in [0.1, 0.15) is 0 Å². The first kappa shape index (κ1) is 11.5. The van der Waals surface area contributed by atoms with Gasteiger partial charge in [-0.1, -0.05) is 63.2 Å². The molecule has 0 unspecified atom stereocenters. The molecule has 18 heavy (non-hydrogen) atoms. The van der Waals surface area contributed by atoms with Crippen LogP contribution in [0.15, 0.2) is 42.5 Å². The van der Waals surface area contributed by atoms with Gasteiger partial charge in [-0.2, -0.15) is 0 Å². The van der Waals surface area contributed by atoms with Gasteiger partial charge in [-0.3, -0.25) is 0 Å². The summed E-state index contributed by atoms with van der Waals surface area (Å²) in [6.07, 6.45) is 2.27. The lowest BCUT2D eigenvalue weighted by molar-refractivity contribution is 0.517. The summed E-state index contributed by atoms with van der Waals surface area (Å²) in [5.41, 5.74) is 7.55. The van der Waals surface area contributed by atoms with E-state index in [0.29, 0.717) is 0 Å². The minimum absolute atomic E-state index is 0.246. The van der Waals surface area contributed by atoms with E-state index in [1.807, 2.05) is 0 Å². The second-order valence-electron chi connectivity index (χ2n) is 5.95. The summed E-state index contributed by atoms with van der Waals surface area (Å²) in [4.78, 5) is 0. The number of hydrogen-bond donors (Lipinski definition) is 0. The summed E-state index contributed by atoms with van der Waals surface area (Å²) in [5, 5.41) is 0. The predicted molar refractivity (Wildman–Crippen MR) is 78.0 cm³/mol. The lowest BCUT2D eigenvalue weighted by Gasteiger charge is -2.34. The zero-order valence-electron chi connectivity index (χ0n) is 11.5. The summed E-state index contributed by atoms with van der Waals surface area (Å²) in [5.74, 6) is 0. The zero-order valence-corrected chi connectivity index (χ0v) is 11.5. The standard InChI is InChI=1S/C18H20/c1-4-13-9-10-15-14(11-13)12-18(2,3)17-8-6-5-7-16(15)17/h5-11H,4,12H2,1-3H3. The molecule has 0 fully saturated rings. The quantitative estimate of drug-likeness (QED) is 0.670. The summed E-state index contributed by atoms with van der Waals surface area (Å²) in [6.45, 7) is 6.93. The number of hydrogen-bond acceptors (Lipinski definition) is 0. The Kier molecular flexibility index (Phi) is 2.55. The van der Waals surface area contributed by atoms with Gasteiger partial charge in [0.15, 0.2) is 0 Å². The van der Waals surface area contributed by atoms with Crippen LogP contribution in [-0.2, 0) is 18.3 Å². The Balaban J connectivity index is 2.25. The second-order valence-corrected chi connectivity index (χ2v) is 5.95. The highest BCUT2D eigenvalue weighted by Gasteiger charge is 2.30. The molecule has 0 heteroatoms. The maximum absolute atomic E-state index is 2.40. The van der Waals surface area contributed by atoms with Crippen molar-refractivity contribution in [1.29, 1.82) is 0 Å². The first-order valence-corrected chi connectivity index (χ1v) is 6.83. The van der Waals surface area contributed by atoms with Crippen LogP contribution in [0.3, 0.4) is 0 Å². The predicted octanol–water partition coefficient (Wildman–Crippen LogP) is 4.75. The molecular weight excluding hydrogens is 216 g/mol. The smallest absolute Gasteiger partial charge is 0.00568 e. The van der Waals surface area contributed by atoms with Gasteiger partial charge in [0.2, 0.25) is 0 Å². The van der Waals surface area contributed by atoms with Gasteiger partial charge >= 0.3 is 0 Å². The lowest BCUT2D eigenvalue weighted by atomic mass is 9.70. The van der Waals surface area contributed by atoms with Gasteiger partial charge in [-0.05, 0) is 46.1 Å². The van der Waals surface area contributed by atoms with E-state index in [2.05, 4.69) is 63.2 Å². The van der Waals surface area contributed by atoms with Crippen LogP contribution in [-0.4, -0.2) is 0 Å². The Morgan fingerprint density at radius 3 is 2.56 bits per heavy atom. The van der Waals surface area contributed by atoms with Crippen molar-refractivity contribution >= 4 is 0 Å². The third-order valence-electron chi connectivity index (χ3n) is 4.16. The Morgan fingerprint density at radius 2 is 1.78 bits per heavy atom. The summed E-state index contributed by atoms with van der Waals surface area (Å²) >= 11 is 0. The Morgan fingerprint density at radius 1 is 1.00 bits per heavy atom. The molecule has 0 aromatic heterocycles. The molecule has 2 aromatic carbocycles. The van der Waals surface area contributed by atoms with Crippen LogP contribution in [0, 0.1) is 0 Å². The van der Waals surface area contributed by atoms with Gasteiger partial charge in [0, 0.05) is 0 Å². The second kappa shape index (κ2) is 3.98. The van der Waals surface area contributed by atoms with E-state index in [1.54, 1.807) is 0 Å². The van der Waals surface area contributed by atoms with Crippen LogP contribution in [0.1, 0.15) is 37.5 Å². The largest absolute Gasteiger partial charge is 0.0619 e. The van der Waals surface area contributed by atoms with Crippen molar-refractivity contribution in [2.75, 3.05) is 0 Å². The van der Waals surface area contributed by atoms with Crippen molar-refractivity contribution in [3.63, 3.8) is 0 Å². The van der Waals surface area contributed by atoms with Gasteiger partial charge in [-0.25, -0.2) is 0 Å². The van der Waals surface area contributed by atoms with Crippen LogP contribution in [0.2, 0.25) is 0 Å². The van der Waals surface area contributed by atoms with E-state index in [4.69, 9.17) is 0 Å². The number of benzene rings is 2. The highest BCUT2D eigenvalue weighted by Crippen LogP contribution is 2.42. The molecule has 0 nitrogen and oxygen atoms in total. The highest BCUT2D eigenvalue weighted by atomic mass is 14.3. The van der Waals surface area contributed by atoms with Crippen LogP contribution in [0.4, 0.5) is 0 Å². The molecule has 0 spiro atoms. The molecule has 1 aliphatic rings. The summed E-state index contributed by atoms with van der Waals surface area (Å²) in [6, 6.07) is 15.8. The molecule has 0 bridgehead atoms. The molecule has 2 aromatic rings. The monoisotopic (exact) mass is 236 g/mol. The van der Waals surface area contributed by atoms with Crippen LogP contribution in [0.5, 0.6) is 0 Å². The van der Waals surface area contributed by atoms with Gasteiger partial charge < -0.3 is 0 Å². The third kappa shape index (κ3) is 1.68. The van der Waals surface area contributed by atoms with Crippen molar-refractivity contribution < 1.29 is 0 Å². The summed E-state index contributed by atoms with van der Waals surface area (Å²) in [7, 11) is 0. The molecule has 0 saturated heterocycles. The number of rotatable bonds is 1. The average Bonchev–Trinajstić information content (AvgIpc) is 2.38. The van der Waals surface area contributed by atoms with Crippen molar-refractivity contribution in [1.82, 2.24) is 0 Å². The molecule has 0 heterocycles. The van der Waals surface area contributed by atoms with Crippen molar-refractivity contribution in [3.05, 3.63) is 59.2 Å². The molecule has 0 saturated carbocycles. The van der Waals surface area contributed by atoms with Crippen molar-refractivity contribution in [2.45, 2.75) is 39.0 Å². The van der Waals surface area contributed by atoms with E-state index in [-0.39, 0.29) is 5.41 Å². The minimum atomic E-state index is 0.246. The molecule has 0 atom stereocenters. The Hall–Kier alpha value is -1.56. The molecule has 0 aliphatic heterocycles. The van der Waals surface area contributed by atoms with Crippen molar-refractivity contribution in [3.8, 4) is 11.1 Å². The van der Waals surface area contributed by atoms with Crippen LogP contribution >= 0.6 is 0 Å². The maximum Gasteiger partial charge on any atom is -0.00568 e. The Labute approximate surface area is 110 Å². The van der Waals surface area contributed by atoms with Gasteiger partial charge in [-0.15, -0.1) is 0 Å². The molecule has 0 amide bonds. The maximum atomic E-state index is 2.40. The molecule has 1 aliphatic carbocycles. The van der Waals surface area contributed by atoms with E-state index < -0.39 is 0 Å². The molecule has 0 N–H and O–H groups in total. The fourth-order valence-electron chi connectivity index (χ4n) is 3.16. The van der Waals surface area contributed by atoms with E-state index in [9.17, 15) is 0 Å². The Bertz CT molecular complexity index is 591. The summed E-state index contributed by atoms with van der Waals surface area (Å²) < 4.78 is 0. The highest BCUT2D eigenvalue weighted by molar-refractivity contribution is 5.75. The zero-order chi connectivity index (χ0) is 12.8. The van der Waals surface area contributed by atoms with E-state index >= 15 is 0 Å². The van der Waals surface area contributed by atoms with E-state index in [1.165, 1.54) is 27.8 Å². The van der Waals surface area contributed by atoms with Gasteiger partial charge in [0.25, 0.3) is 0 Å². The van der Waals surface area contributed by atoms with Gasteiger partial charge in [0.05, 0.1) is 0 Å². The SMILES string of the molecule is CCc1ccc2c(c1)CC(C)(C)c1ccccc1-2. The number of aryl methyl sites for hydroxylation is 1.